The summed E-state index contributed by atoms with van der Waals surface area (Å²) in [6, 6.07) is 24.6. The number of amides is 1. The average molecular weight is 624 g/mol. The molecule has 1 N–H and O–H groups in total. The minimum absolute atomic E-state index is 0.0306. The molecule has 4 aromatic rings. The first-order valence-electron chi connectivity index (χ1n) is 13.7. The van der Waals surface area contributed by atoms with Crippen molar-refractivity contribution in [3.8, 4) is 11.4 Å². The van der Waals surface area contributed by atoms with Gasteiger partial charge in [-0.05, 0) is 49.7 Å². The first-order chi connectivity index (χ1) is 20.4. The van der Waals surface area contributed by atoms with Gasteiger partial charge in [0.05, 0.1) is 29.5 Å². The Labute approximate surface area is 255 Å². The van der Waals surface area contributed by atoms with Gasteiger partial charge >= 0.3 is 0 Å². The van der Waals surface area contributed by atoms with Crippen molar-refractivity contribution in [3.63, 3.8) is 0 Å². The van der Waals surface area contributed by atoms with Crippen LogP contribution in [0.3, 0.4) is 0 Å². The lowest BCUT2D eigenvalue weighted by atomic mass is 10.2. The average Bonchev–Trinajstić information content (AvgIpc) is 3.46. The zero-order valence-electron chi connectivity index (χ0n) is 23.5. The lowest BCUT2D eigenvalue weighted by Crippen LogP contribution is -2.40. The molecule has 0 bridgehead atoms. The van der Waals surface area contributed by atoms with E-state index >= 15 is 0 Å². The summed E-state index contributed by atoms with van der Waals surface area (Å²) in [5.41, 5.74) is 1.40. The number of para-hydroxylation sites is 1. The maximum absolute atomic E-state index is 13.3. The van der Waals surface area contributed by atoms with Crippen molar-refractivity contribution in [3.05, 3.63) is 78.9 Å². The normalized spacial score (nSPS) is 14.9. The summed E-state index contributed by atoms with van der Waals surface area (Å²) in [5, 5.41) is 12.5. The number of nitrogens with zero attached hydrogens (tertiary/aromatic N) is 4. The van der Waals surface area contributed by atoms with Gasteiger partial charge in [-0.25, -0.2) is 8.42 Å². The van der Waals surface area contributed by atoms with Crippen LogP contribution in [0.15, 0.2) is 98.7 Å². The van der Waals surface area contributed by atoms with E-state index in [-0.39, 0.29) is 22.6 Å². The van der Waals surface area contributed by atoms with Crippen LogP contribution in [0.5, 0.6) is 0 Å². The Morgan fingerprint density at radius 2 is 1.74 bits per heavy atom. The Hall–Kier alpha value is -3.16. The van der Waals surface area contributed by atoms with Crippen molar-refractivity contribution in [1.29, 1.82) is 0 Å². The number of ether oxygens (including phenoxy) is 1. The molecule has 0 radical (unpaired) electrons. The second-order valence-corrected chi connectivity index (χ2v) is 13.7. The van der Waals surface area contributed by atoms with E-state index in [9.17, 15) is 13.2 Å². The maximum Gasteiger partial charge on any atom is 0.243 e. The molecular weight excluding hydrogens is 591 g/mol. The minimum atomic E-state index is -3.66. The molecule has 1 aliphatic rings. The molecule has 1 amide bonds. The number of sulfonamides is 1. The maximum atomic E-state index is 13.3. The molecule has 0 spiro atoms. The number of nitrogens with one attached hydrogen (secondary N) is 1. The molecule has 1 aromatic heterocycles. The Kier molecular flexibility index (Phi) is 10.0. The Morgan fingerprint density at radius 1 is 1.00 bits per heavy atom. The van der Waals surface area contributed by atoms with E-state index in [4.69, 9.17) is 4.74 Å². The van der Waals surface area contributed by atoms with Gasteiger partial charge in [-0.2, -0.15) is 4.31 Å². The highest BCUT2D eigenvalue weighted by Gasteiger charge is 2.27. The summed E-state index contributed by atoms with van der Waals surface area (Å²) in [5.74, 6) is 0.556. The molecule has 5 rings (SSSR count). The number of rotatable bonds is 11. The topological polar surface area (TPSA) is 106 Å². The Morgan fingerprint density at radius 3 is 2.50 bits per heavy atom. The summed E-state index contributed by atoms with van der Waals surface area (Å²) in [6.45, 7) is 5.54. The smallest absolute Gasteiger partial charge is 0.243 e. The van der Waals surface area contributed by atoms with E-state index in [1.54, 1.807) is 30.0 Å². The molecule has 2 heterocycles. The van der Waals surface area contributed by atoms with Gasteiger partial charge in [0.25, 0.3) is 0 Å². The Bertz CT molecular complexity index is 1620. The standard InChI is InChI=1S/C30H33N5O4S3/c1-3-22(2)35-29(23-10-9-13-25(20-23)42(37,38)34-16-18-39-19-17-34)32-33-30(35)40-21-28(36)31-26-14-7-8-15-27(26)41-24-11-5-4-6-12-24/h4-15,20,22H,3,16-19,21H2,1-2H3,(H,31,36). The van der Waals surface area contributed by atoms with Crippen molar-refractivity contribution in [2.45, 2.75) is 46.2 Å². The molecule has 1 unspecified atom stereocenters. The monoisotopic (exact) mass is 623 g/mol. The third-order valence-electron chi connectivity index (χ3n) is 6.86. The van der Waals surface area contributed by atoms with Crippen LogP contribution in [0.4, 0.5) is 5.69 Å². The van der Waals surface area contributed by atoms with E-state index in [0.717, 1.165) is 21.9 Å². The molecule has 0 aliphatic carbocycles. The number of thioether (sulfide) groups is 1. The fourth-order valence-electron chi connectivity index (χ4n) is 4.47. The molecule has 12 heteroatoms. The quantitative estimate of drug-likeness (QED) is 0.209. The van der Waals surface area contributed by atoms with Crippen LogP contribution < -0.4 is 5.32 Å². The lowest BCUT2D eigenvalue weighted by Gasteiger charge is -2.26. The Balaban J connectivity index is 1.33. The minimum Gasteiger partial charge on any atom is -0.379 e. The number of carbonyl (C=O) groups is 1. The van der Waals surface area contributed by atoms with Gasteiger partial charge in [0, 0.05) is 34.5 Å². The fraction of sp³-hybridized carbons (Fsp3) is 0.300. The van der Waals surface area contributed by atoms with Crippen molar-refractivity contribution in [1.82, 2.24) is 19.1 Å². The van der Waals surface area contributed by atoms with Crippen LogP contribution >= 0.6 is 23.5 Å². The molecule has 9 nitrogen and oxygen atoms in total. The SMILES string of the molecule is CCC(C)n1c(SCC(=O)Nc2ccccc2Sc2ccccc2)nnc1-c1cccc(S(=O)(=O)N2CCOCC2)c1. The van der Waals surface area contributed by atoms with Crippen LogP contribution in [-0.4, -0.2) is 65.5 Å². The predicted octanol–water partition coefficient (Wildman–Crippen LogP) is 5.82. The van der Waals surface area contributed by atoms with Crippen molar-refractivity contribution < 1.29 is 17.9 Å². The zero-order chi connectivity index (χ0) is 29.5. The highest BCUT2D eigenvalue weighted by Crippen LogP contribution is 2.34. The summed E-state index contributed by atoms with van der Waals surface area (Å²) in [6.07, 6.45) is 0.806. The van der Waals surface area contributed by atoms with Gasteiger partial charge in [0.2, 0.25) is 15.9 Å². The third-order valence-corrected chi connectivity index (χ3v) is 10.8. The van der Waals surface area contributed by atoms with E-state index in [2.05, 4.69) is 29.4 Å². The van der Waals surface area contributed by atoms with Gasteiger partial charge in [0.1, 0.15) is 0 Å². The van der Waals surface area contributed by atoms with E-state index < -0.39 is 10.0 Å². The summed E-state index contributed by atoms with van der Waals surface area (Å²) in [4.78, 5) is 15.3. The molecule has 1 saturated heterocycles. The summed E-state index contributed by atoms with van der Waals surface area (Å²) in [7, 11) is -3.66. The number of carbonyl (C=O) groups excluding carboxylic acids is 1. The van der Waals surface area contributed by atoms with E-state index in [0.29, 0.717) is 42.8 Å². The molecule has 42 heavy (non-hydrogen) atoms. The lowest BCUT2D eigenvalue weighted by molar-refractivity contribution is -0.113. The number of anilines is 1. The van der Waals surface area contributed by atoms with E-state index in [1.165, 1.54) is 16.1 Å². The molecular formula is C30H33N5O4S3. The number of aromatic nitrogens is 3. The number of benzene rings is 3. The molecule has 1 aliphatic heterocycles. The molecule has 0 saturated carbocycles. The summed E-state index contributed by atoms with van der Waals surface area (Å²) >= 11 is 2.90. The number of hydrogen-bond acceptors (Lipinski definition) is 8. The van der Waals surface area contributed by atoms with Crippen LogP contribution in [0.1, 0.15) is 26.3 Å². The molecule has 3 aromatic carbocycles. The van der Waals surface area contributed by atoms with Gasteiger partial charge in [-0.15, -0.1) is 10.2 Å². The first-order valence-corrected chi connectivity index (χ1v) is 17.0. The first kappa shape index (κ1) is 30.3. The fourth-order valence-corrected chi connectivity index (χ4v) is 7.69. The largest absolute Gasteiger partial charge is 0.379 e. The molecule has 220 valence electrons. The molecule has 1 atom stereocenters. The van der Waals surface area contributed by atoms with Gasteiger partial charge in [-0.3, -0.25) is 9.36 Å². The van der Waals surface area contributed by atoms with Crippen LogP contribution in [0.2, 0.25) is 0 Å². The highest BCUT2D eigenvalue weighted by molar-refractivity contribution is 8.00. The zero-order valence-corrected chi connectivity index (χ0v) is 25.9. The van der Waals surface area contributed by atoms with Crippen molar-refractivity contribution >= 4 is 45.1 Å². The van der Waals surface area contributed by atoms with Crippen molar-refractivity contribution in [2.24, 2.45) is 0 Å². The van der Waals surface area contributed by atoms with Gasteiger partial charge in [0.15, 0.2) is 11.0 Å². The van der Waals surface area contributed by atoms with Crippen LogP contribution in [0.25, 0.3) is 11.4 Å². The van der Waals surface area contributed by atoms with Crippen molar-refractivity contribution in [2.75, 3.05) is 37.4 Å². The number of morpholine rings is 1. The third kappa shape index (κ3) is 7.07. The van der Waals surface area contributed by atoms with Gasteiger partial charge in [-0.1, -0.05) is 72.9 Å². The van der Waals surface area contributed by atoms with Crippen LogP contribution in [0, 0.1) is 0 Å². The predicted molar refractivity (Wildman–Crippen MR) is 166 cm³/mol. The second-order valence-electron chi connectivity index (χ2n) is 9.73. The highest BCUT2D eigenvalue weighted by atomic mass is 32.2. The summed E-state index contributed by atoms with van der Waals surface area (Å²) < 4.78 is 35.3. The molecule has 1 fully saturated rings. The number of hydrogen-bond donors (Lipinski definition) is 1. The van der Waals surface area contributed by atoms with E-state index in [1.807, 2.05) is 65.2 Å². The second kappa shape index (κ2) is 13.9. The van der Waals surface area contributed by atoms with Crippen LogP contribution in [-0.2, 0) is 19.6 Å². The van der Waals surface area contributed by atoms with Gasteiger partial charge < -0.3 is 10.1 Å².